The van der Waals surface area contributed by atoms with Crippen molar-refractivity contribution in [2.75, 3.05) is 19.6 Å². The van der Waals surface area contributed by atoms with Crippen LogP contribution in [0.25, 0.3) is 0 Å². The van der Waals surface area contributed by atoms with E-state index in [1.54, 1.807) is 4.90 Å². The molecule has 1 heterocycles. The van der Waals surface area contributed by atoms with E-state index in [1.165, 1.54) is 18.2 Å². The van der Waals surface area contributed by atoms with E-state index in [0.29, 0.717) is 19.6 Å². The van der Waals surface area contributed by atoms with Crippen LogP contribution in [-0.4, -0.2) is 41.6 Å². The predicted octanol–water partition coefficient (Wildman–Crippen LogP) is 0.965. The Morgan fingerprint density at radius 1 is 1.59 bits per heavy atom. The number of halogens is 1. The van der Waals surface area contributed by atoms with Crippen molar-refractivity contribution >= 4 is 5.91 Å². The first-order valence-corrected chi connectivity index (χ1v) is 5.60. The standard InChI is InChI=1S/C12H15FN2O2/c1-8-7-14-5-6-15(8)12(17)11-9(13)3-2-4-10(11)16/h2-4,8,14,16H,5-7H2,1H3/t8-/m1/s1. The Bertz CT molecular complexity index is 416. The molecule has 1 aromatic carbocycles. The van der Waals surface area contributed by atoms with E-state index < -0.39 is 11.7 Å². The lowest BCUT2D eigenvalue weighted by Gasteiger charge is -2.34. The molecule has 5 heteroatoms. The lowest BCUT2D eigenvalue weighted by Crippen LogP contribution is -2.52. The molecular weight excluding hydrogens is 223 g/mol. The number of benzene rings is 1. The van der Waals surface area contributed by atoms with Crippen LogP contribution in [0.4, 0.5) is 4.39 Å². The highest BCUT2D eigenvalue weighted by molar-refractivity contribution is 5.97. The van der Waals surface area contributed by atoms with Crippen LogP contribution in [0.3, 0.4) is 0 Å². The van der Waals surface area contributed by atoms with Gasteiger partial charge in [0.25, 0.3) is 5.91 Å². The first-order valence-electron chi connectivity index (χ1n) is 5.60. The number of hydrogen-bond acceptors (Lipinski definition) is 3. The van der Waals surface area contributed by atoms with Crippen LogP contribution in [0.2, 0.25) is 0 Å². The zero-order valence-electron chi connectivity index (χ0n) is 9.61. The molecule has 2 N–H and O–H groups in total. The van der Waals surface area contributed by atoms with E-state index in [-0.39, 0.29) is 17.4 Å². The van der Waals surface area contributed by atoms with Crippen molar-refractivity contribution in [2.45, 2.75) is 13.0 Å². The quantitative estimate of drug-likeness (QED) is 0.766. The highest BCUT2D eigenvalue weighted by Crippen LogP contribution is 2.22. The van der Waals surface area contributed by atoms with Crippen LogP contribution in [0.15, 0.2) is 18.2 Å². The van der Waals surface area contributed by atoms with E-state index in [0.717, 1.165) is 0 Å². The molecule has 0 saturated carbocycles. The summed E-state index contributed by atoms with van der Waals surface area (Å²) in [5.41, 5.74) is -0.235. The van der Waals surface area contributed by atoms with E-state index in [9.17, 15) is 14.3 Å². The molecule has 0 unspecified atom stereocenters. The van der Waals surface area contributed by atoms with Crippen LogP contribution in [0.5, 0.6) is 5.75 Å². The number of nitrogens with zero attached hydrogens (tertiary/aromatic N) is 1. The molecule has 1 aromatic rings. The fourth-order valence-corrected chi connectivity index (χ4v) is 2.01. The SMILES string of the molecule is C[C@@H]1CNCCN1C(=O)c1c(O)cccc1F. The minimum absolute atomic E-state index is 0.00439. The second-order valence-electron chi connectivity index (χ2n) is 4.19. The topological polar surface area (TPSA) is 52.6 Å². The normalized spacial score (nSPS) is 20.4. The van der Waals surface area contributed by atoms with Gasteiger partial charge in [0.2, 0.25) is 0 Å². The molecule has 0 bridgehead atoms. The summed E-state index contributed by atoms with van der Waals surface area (Å²) in [6.07, 6.45) is 0. The average molecular weight is 238 g/mol. The van der Waals surface area contributed by atoms with Gasteiger partial charge < -0.3 is 15.3 Å². The Hall–Kier alpha value is -1.62. The smallest absolute Gasteiger partial charge is 0.260 e. The van der Waals surface area contributed by atoms with Gasteiger partial charge in [-0.05, 0) is 19.1 Å². The summed E-state index contributed by atoms with van der Waals surface area (Å²) in [4.78, 5) is 13.7. The average Bonchev–Trinajstić information content (AvgIpc) is 2.29. The minimum atomic E-state index is -0.680. The lowest BCUT2D eigenvalue weighted by atomic mass is 10.1. The number of amides is 1. The maximum Gasteiger partial charge on any atom is 0.260 e. The summed E-state index contributed by atoms with van der Waals surface area (Å²) in [6.45, 7) is 3.78. The second kappa shape index (κ2) is 4.71. The maximum atomic E-state index is 13.6. The van der Waals surface area contributed by atoms with Crippen molar-refractivity contribution in [2.24, 2.45) is 0 Å². The zero-order valence-corrected chi connectivity index (χ0v) is 9.61. The Morgan fingerprint density at radius 2 is 2.35 bits per heavy atom. The fraction of sp³-hybridized carbons (Fsp3) is 0.417. The highest BCUT2D eigenvalue weighted by Gasteiger charge is 2.27. The molecule has 1 atom stereocenters. The monoisotopic (exact) mass is 238 g/mol. The highest BCUT2D eigenvalue weighted by atomic mass is 19.1. The molecule has 92 valence electrons. The fourth-order valence-electron chi connectivity index (χ4n) is 2.01. The van der Waals surface area contributed by atoms with Gasteiger partial charge in [-0.25, -0.2) is 4.39 Å². The molecular formula is C12H15FN2O2. The minimum Gasteiger partial charge on any atom is -0.507 e. The van der Waals surface area contributed by atoms with Crippen molar-refractivity contribution in [1.29, 1.82) is 0 Å². The van der Waals surface area contributed by atoms with Crippen LogP contribution in [-0.2, 0) is 0 Å². The van der Waals surface area contributed by atoms with Gasteiger partial charge in [0.05, 0.1) is 0 Å². The Kier molecular flexibility index (Phi) is 3.28. The molecule has 4 nitrogen and oxygen atoms in total. The van der Waals surface area contributed by atoms with Gasteiger partial charge in [0.15, 0.2) is 0 Å². The molecule has 1 aliphatic rings. The van der Waals surface area contributed by atoms with Gasteiger partial charge in [-0.3, -0.25) is 4.79 Å². The van der Waals surface area contributed by atoms with E-state index in [1.807, 2.05) is 6.92 Å². The number of phenols is 1. The molecule has 0 spiro atoms. The molecule has 1 fully saturated rings. The van der Waals surface area contributed by atoms with Crippen molar-refractivity contribution in [3.05, 3.63) is 29.6 Å². The number of carbonyl (C=O) groups excluding carboxylic acids is 1. The third kappa shape index (κ3) is 2.24. The molecule has 1 amide bonds. The number of phenolic OH excluding ortho intramolecular Hbond substituents is 1. The summed E-state index contributed by atoms with van der Waals surface area (Å²) < 4.78 is 13.6. The summed E-state index contributed by atoms with van der Waals surface area (Å²) >= 11 is 0. The zero-order chi connectivity index (χ0) is 12.4. The number of carbonyl (C=O) groups is 1. The molecule has 1 aliphatic heterocycles. The van der Waals surface area contributed by atoms with Crippen LogP contribution in [0.1, 0.15) is 17.3 Å². The van der Waals surface area contributed by atoms with Crippen molar-refractivity contribution in [3.8, 4) is 5.75 Å². The van der Waals surface area contributed by atoms with Gasteiger partial charge in [-0.1, -0.05) is 6.07 Å². The maximum absolute atomic E-state index is 13.6. The predicted molar refractivity (Wildman–Crippen MR) is 61.4 cm³/mol. The van der Waals surface area contributed by atoms with Gasteiger partial charge >= 0.3 is 0 Å². The molecule has 0 aliphatic carbocycles. The van der Waals surface area contributed by atoms with Crippen LogP contribution < -0.4 is 5.32 Å². The summed E-state index contributed by atoms with van der Waals surface area (Å²) in [5, 5.41) is 12.7. The van der Waals surface area contributed by atoms with Gasteiger partial charge in [0, 0.05) is 25.7 Å². The van der Waals surface area contributed by atoms with Gasteiger partial charge in [-0.15, -0.1) is 0 Å². The first-order chi connectivity index (χ1) is 8.11. The van der Waals surface area contributed by atoms with E-state index >= 15 is 0 Å². The van der Waals surface area contributed by atoms with E-state index in [4.69, 9.17) is 0 Å². The summed E-state index contributed by atoms with van der Waals surface area (Å²) in [5.74, 6) is -1.43. The molecule has 17 heavy (non-hydrogen) atoms. The van der Waals surface area contributed by atoms with E-state index in [2.05, 4.69) is 5.32 Å². The largest absolute Gasteiger partial charge is 0.507 e. The Labute approximate surface area is 99.0 Å². The summed E-state index contributed by atoms with van der Waals surface area (Å²) in [6, 6.07) is 3.88. The van der Waals surface area contributed by atoms with Crippen molar-refractivity contribution in [3.63, 3.8) is 0 Å². The first kappa shape index (κ1) is 11.9. The molecule has 2 rings (SSSR count). The molecule has 0 aromatic heterocycles. The van der Waals surface area contributed by atoms with Gasteiger partial charge in [0.1, 0.15) is 17.1 Å². The molecule has 0 radical (unpaired) electrons. The van der Waals surface area contributed by atoms with Crippen molar-refractivity contribution < 1.29 is 14.3 Å². The summed E-state index contributed by atoms with van der Waals surface area (Å²) in [7, 11) is 0. The number of hydrogen-bond donors (Lipinski definition) is 2. The van der Waals surface area contributed by atoms with Gasteiger partial charge in [-0.2, -0.15) is 0 Å². The number of aromatic hydroxyl groups is 1. The lowest BCUT2D eigenvalue weighted by molar-refractivity contribution is 0.0647. The Balaban J connectivity index is 2.30. The third-order valence-electron chi connectivity index (χ3n) is 2.97. The number of piperazine rings is 1. The Morgan fingerprint density at radius 3 is 3.00 bits per heavy atom. The molecule has 1 saturated heterocycles. The number of rotatable bonds is 1. The third-order valence-corrected chi connectivity index (χ3v) is 2.97. The number of nitrogens with one attached hydrogen (secondary N) is 1. The van der Waals surface area contributed by atoms with Crippen molar-refractivity contribution in [1.82, 2.24) is 10.2 Å². The second-order valence-corrected chi connectivity index (χ2v) is 4.19. The van der Waals surface area contributed by atoms with Crippen LogP contribution in [0, 0.1) is 5.82 Å². The van der Waals surface area contributed by atoms with Crippen LogP contribution >= 0.6 is 0 Å².